The number of esters is 3. The molecule has 0 saturated carbocycles. The molecule has 7 nitrogen and oxygen atoms in total. The molecule has 138 valence electrons. The molecule has 0 radical (unpaired) electrons. The van der Waals surface area contributed by atoms with Gasteiger partial charge in [0.1, 0.15) is 0 Å². The number of hydrogen-bond acceptors (Lipinski definition) is 7. The highest BCUT2D eigenvalue weighted by atomic mass is 79.9. The number of Topliss-reactive ketones (excluding diaryl/α,β-unsaturated/α-hetero) is 1. The van der Waals surface area contributed by atoms with Crippen LogP contribution in [0.15, 0.2) is 0 Å². The van der Waals surface area contributed by atoms with Crippen molar-refractivity contribution in [2.24, 2.45) is 10.8 Å². The van der Waals surface area contributed by atoms with E-state index in [-0.39, 0.29) is 5.33 Å². The lowest BCUT2D eigenvalue weighted by Crippen LogP contribution is -2.49. The molecule has 0 rings (SSSR count). The minimum atomic E-state index is -1.67. The summed E-state index contributed by atoms with van der Waals surface area (Å²) in [4.78, 5) is 48.4. The van der Waals surface area contributed by atoms with Crippen molar-refractivity contribution in [3.8, 4) is 0 Å². The minimum Gasteiger partial charge on any atom is -0.466 e. The van der Waals surface area contributed by atoms with Gasteiger partial charge in [-0.3, -0.25) is 14.4 Å². The molecule has 0 aromatic rings. The SMILES string of the molecule is COC(=O)[C@H](OC(=O)C(C)(C)C)[C@H](OC(=O)C(C)(C)C)C(=O)CBr. The van der Waals surface area contributed by atoms with Gasteiger partial charge in [-0.25, -0.2) is 4.79 Å². The lowest BCUT2D eigenvalue weighted by atomic mass is 9.96. The van der Waals surface area contributed by atoms with Crippen molar-refractivity contribution >= 4 is 39.6 Å². The fraction of sp³-hybridized carbons (Fsp3) is 0.750. The van der Waals surface area contributed by atoms with Gasteiger partial charge in [0, 0.05) is 0 Å². The number of rotatable bonds is 6. The number of methoxy groups -OCH3 is 1. The van der Waals surface area contributed by atoms with Crippen LogP contribution in [-0.2, 0) is 33.4 Å². The monoisotopic (exact) mass is 408 g/mol. The van der Waals surface area contributed by atoms with E-state index in [0.29, 0.717) is 0 Å². The van der Waals surface area contributed by atoms with Crippen molar-refractivity contribution < 1.29 is 33.4 Å². The summed E-state index contributed by atoms with van der Waals surface area (Å²) in [6, 6.07) is 0. The Bertz CT molecular complexity index is 454. The van der Waals surface area contributed by atoms with Crippen LogP contribution in [0.4, 0.5) is 0 Å². The largest absolute Gasteiger partial charge is 0.466 e. The second kappa shape index (κ2) is 8.60. The third-order valence-corrected chi connectivity index (χ3v) is 3.40. The van der Waals surface area contributed by atoms with Gasteiger partial charge in [-0.15, -0.1) is 0 Å². The van der Waals surface area contributed by atoms with Crippen molar-refractivity contribution in [3.63, 3.8) is 0 Å². The highest BCUT2D eigenvalue weighted by Crippen LogP contribution is 2.22. The van der Waals surface area contributed by atoms with Crippen LogP contribution in [0.2, 0.25) is 0 Å². The molecule has 24 heavy (non-hydrogen) atoms. The van der Waals surface area contributed by atoms with E-state index in [2.05, 4.69) is 20.7 Å². The molecule has 0 fully saturated rings. The van der Waals surface area contributed by atoms with Gasteiger partial charge in [0.05, 0.1) is 23.3 Å². The van der Waals surface area contributed by atoms with E-state index in [4.69, 9.17) is 9.47 Å². The van der Waals surface area contributed by atoms with Crippen LogP contribution in [0, 0.1) is 10.8 Å². The molecular weight excluding hydrogens is 384 g/mol. The number of carbonyl (C=O) groups excluding carboxylic acids is 4. The quantitative estimate of drug-likeness (QED) is 0.376. The Labute approximate surface area is 150 Å². The molecule has 0 unspecified atom stereocenters. The van der Waals surface area contributed by atoms with E-state index in [1.165, 1.54) is 0 Å². The van der Waals surface area contributed by atoms with Gasteiger partial charge in [0.2, 0.25) is 12.2 Å². The predicted molar refractivity (Wildman–Crippen MR) is 89.5 cm³/mol. The first kappa shape index (κ1) is 22.6. The van der Waals surface area contributed by atoms with E-state index in [1.807, 2.05) is 0 Å². The average Bonchev–Trinajstić information content (AvgIpc) is 2.46. The molecular formula is C16H25BrO7. The van der Waals surface area contributed by atoms with Crippen molar-refractivity contribution in [1.82, 2.24) is 0 Å². The van der Waals surface area contributed by atoms with E-state index in [1.54, 1.807) is 41.5 Å². The maximum absolute atomic E-state index is 12.1. The number of hydrogen-bond donors (Lipinski definition) is 0. The first-order chi connectivity index (χ1) is 10.8. The zero-order chi connectivity index (χ0) is 19.3. The van der Waals surface area contributed by atoms with Gasteiger partial charge in [0.15, 0.2) is 5.78 Å². The van der Waals surface area contributed by atoms with E-state index in [0.717, 1.165) is 7.11 Å². The van der Waals surface area contributed by atoms with Gasteiger partial charge < -0.3 is 14.2 Å². The Morgan fingerprint density at radius 1 is 0.833 bits per heavy atom. The standard InChI is InChI=1S/C16H25BrO7/c1-15(2,3)13(20)23-10(9(18)8-17)11(12(19)22-7)24-14(21)16(4,5)6/h10-11H,8H2,1-7H3/t10-,11-/m1/s1. The molecule has 0 aromatic carbocycles. The van der Waals surface area contributed by atoms with E-state index in [9.17, 15) is 19.2 Å². The lowest BCUT2D eigenvalue weighted by molar-refractivity contribution is -0.189. The first-order valence-corrected chi connectivity index (χ1v) is 8.46. The van der Waals surface area contributed by atoms with Crippen molar-refractivity contribution in [3.05, 3.63) is 0 Å². The van der Waals surface area contributed by atoms with Crippen LogP contribution >= 0.6 is 15.9 Å². The number of alkyl halides is 1. The Morgan fingerprint density at radius 2 is 1.21 bits per heavy atom. The molecule has 0 aliphatic carbocycles. The predicted octanol–water partition coefficient (Wildman–Crippen LogP) is 2.04. The van der Waals surface area contributed by atoms with Gasteiger partial charge in [-0.05, 0) is 41.5 Å². The Balaban J connectivity index is 5.67. The van der Waals surface area contributed by atoms with Crippen LogP contribution in [0.25, 0.3) is 0 Å². The smallest absolute Gasteiger partial charge is 0.351 e. The van der Waals surface area contributed by atoms with Crippen LogP contribution in [0.1, 0.15) is 41.5 Å². The zero-order valence-corrected chi connectivity index (χ0v) is 16.7. The highest BCUT2D eigenvalue weighted by Gasteiger charge is 2.43. The maximum Gasteiger partial charge on any atom is 0.351 e. The normalized spacial score (nSPS) is 14.3. The number of carbonyl (C=O) groups is 4. The van der Waals surface area contributed by atoms with Crippen LogP contribution < -0.4 is 0 Å². The van der Waals surface area contributed by atoms with Gasteiger partial charge >= 0.3 is 17.9 Å². The number of ketones is 1. The highest BCUT2D eigenvalue weighted by molar-refractivity contribution is 9.09. The van der Waals surface area contributed by atoms with Crippen LogP contribution in [-0.4, -0.2) is 48.3 Å². The molecule has 0 spiro atoms. The summed E-state index contributed by atoms with van der Waals surface area (Å²) in [6.07, 6.45) is -3.26. The summed E-state index contributed by atoms with van der Waals surface area (Å²) >= 11 is 2.97. The fourth-order valence-electron chi connectivity index (χ4n) is 1.31. The molecule has 8 heteroatoms. The summed E-state index contributed by atoms with van der Waals surface area (Å²) in [7, 11) is 1.08. The van der Waals surface area contributed by atoms with Crippen molar-refractivity contribution in [1.29, 1.82) is 0 Å². The van der Waals surface area contributed by atoms with Gasteiger partial charge in [0.25, 0.3) is 0 Å². The molecule has 0 heterocycles. The third kappa shape index (κ3) is 6.59. The van der Waals surface area contributed by atoms with Crippen LogP contribution in [0.5, 0.6) is 0 Å². The summed E-state index contributed by atoms with van der Waals surface area (Å²) in [5, 5.41) is -0.185. The lowest BCUT2D eigenvalue weighted by Gasteiger charge is -2.28. The summed E-state index contributed by atoms with van der Waals surface area (Å²) < 4.78 is 14.9. The van der Waals surface area contributed by atoms with Gasteiger partial charge in [-0.1, -0.05) is 15.9 Å². The number of halogens is 1. The van der Waals surface area contributed by atoms with Crippen molar-refractivity contribution in [2.45, 2.75) is 53.8 Å². The average molecular weight is 409 g/mol. The van der Waals surface area contributed by atoms with Crippen molar-refractivity contribution in [2.75, 3.05) is 12.4 Å². The number of ether oxygens (including phenoxy) is 3. The Hall–Kier alpha value is -1.44. The molecule has 0 N–H and O–H groups in total. The zero-order valence-electron chi connectivity index (χ0n) is 15.1. The fourth-order valence-corrected chi connectivity index (χ4v) is 1.63. The summed E-state index contributed by atoms with van der Waals surface area (Å²) in [5.41, 5.74) is -1.82. The molecule has 0 amide bonds. The Morgan fingerprint density at radius 3 is 1.50 bits per heavy atom. The molecule has 2 atom stereocenters. The second-order valence-electron chi connectivity index (χ2n) is 7.27. The minimum absolute atomic E-state index is 0.185. The van der Waals surface area contributed by atoms with Gasteiger partial charge in [-0.2, -0.15) is 0 Å². The van der Waals surface area contributed by atoms with Crippen LogP contribution in [0.3, 0.4) is 0 Å². The topological polar surface area (TPSA) is 96.0 Å². The third-order valence-electron chi connectivity index (χ3n) is 2.85. The maximum atomic E-state index is 12.1. The Kier molecular flexibility index (Phi) is 8.08. The molecule has 0 saturated heterocycles. The second-order valence-corrected chi connectivity index (χ2v) is 7.84. The molecule has 0 bridgehead atoms. The molecule has 0 aromatic heterocycles. The summed E-state index contributed by atoms with van der Waals surface area (Å²) in [5.74, 6) is -3.03. The molecule has 0 aliphatic rings. The summed E-state index contributed by atoms with van der Waals surface area (Å²) in [6.45, 7) is 9.56. The van der Waals surface area contributed by atoms with E-state index >= 15 is 0 Å². The van der Waals surface area contributed by atoms with E-state index < -0.39 is 46.7 Å². The first-order valence-electron chi connectivity index (χ1n) is 7.34. The molecule has 0 aliphatic heterocycles.